The number of pyridine rings is 1. The van der Waals surface area contributed by atoms with E-state index in [4.69, 9.17) is 27.3 Å². The van der Waals surface area contributed by atoms with Gasteiger partial charge < -0.3 is 15.7 Å². The highest BCUT2D eigenvalue weighted by atomic mass is 35.5. The quantitative estimate of drug-likeness (QED) is 0.394. The summed E-state index contributed by atoms with van der Waals surface area (Å²) in [6, 6.07) is 5.61. The molecule has 21 heavy (non-hydrogen) atoms. The van der Waals surface area contributed by atoms with E-state index >= 15 is 0 Å². The molecule has 0 aliphatic rings. The Balaban J connectivity index is 2.50. The Labute approximate surface area is 125 Å². The van der Waals surface area contributed by atoms with Gasteiger partial charge in [-0.25, -0.2) is 4.39 Å². The summed E-state index contributed by atoms with van der Waals surface area (Å²) >= 11 is 5.72. The molecule has 1 heterocycles. The van der Waals surface area contributed by atoms with Crippen LogP contribution in [0.4, 0.5) is 4.39 Å². The molecule has 0 amide bonds. The van der Waals surface area contributed by atoms with Crippen LogP contribution in [0.1, 0.15) is 17.0 Å². The van der Waals surface area contributed by atoms with Crippen molar-refractivity contribution in [1.29, 1.82) is 0 Å². The van der Waals surface area contributed by atoms with E-state index in [1.165, 1.54) is 18.2 Å². The van der Waals surface area contributed by atoms with Crippen molar-refractivity contribution in [3.8, 4) is 11.5 Å². The second kappa shape index (κ2) is 5.97. The summed E-state index contributed by atoms with van der Waals surface area (Å²) in [4.78, 5) is 4.24. The fourth-order valence-corrected chi connectivity index (χ4v) is 2.07. The molecule has 0 saturated heterocycles. The van der Waals surface area contributed by atoms with Gasteiger partial charge in [0.25, 0.3) is 0 Å². The molecule has 2 rings (SSSR count). The lowest BCUT2D eigenvalue weighted by molar-refractivity contribution is 0.318. The van der Waals surface area contributed by atoms with Gasteiger partial charge in [0, 0.05) is 17.8 Å². The lowest BCUT2D eigenvalue weighted by Crippen LogP contribution is -2.17. The molecule has 0 bridgehead atoms. The zero-order valence-corrected chi connectivity index (χ0v) is 12.1. The minimum atomic E-state index is -0.539. The number of halogens is 2. The summed E-state index contributed by atoms with van der Waals surface area (Å²) in [5.41, 5.74) is 7.26. The van der Waals surface area contributed by atoms with Crippen molar-refractivity contribution in [2.45, 2.75) is 13.8 Å². The molecule has 0 unspecified atom stereocenters. The molecule has 0 spiro atoms. The third kappa shape index (κ3) is 3.22. The predicted octanol–water partition coefficient (Wildman–Crippen LogP) is 3.38. The van der Waals surface area contributed by atoms with Crippen LogP contribution >= 0.6 is 11.6 Å². The van der Waals surface area contributed by atoms with Crippen molar-refractivity contribution < 1.29 is 14.3 Å². The van der Waals surface area contributed by atoms with Crippen LogP contribution in [0.2, 0.25) is 5.02 Å². The van der Waals surface area contributed by atoms with Crippen LogP contribution in [-0.2, 0) is 0 Å². The van der Waals surface area contributed by atoms with Gasteiger partial charge in [0.15, 0.2) is 5.84 Å². The Hall–Kier alpha value is -2.34. The Kier molecular flexibility index (Phi) is 4.28. The van der Waals surface area contributed by atoms with Gasteiger partial charge >= 0.3 is 0 Å². The normalized spacial score (nSPS) is 11.5. The summed E-state index contributed by atoms with van der Waals surface area (Å²) in [6.45, 7) is 3.50. The standard InChI is InChI=1S/C14H13ClFN3O2/c1-7-5-12(13(8(2)18-7)14(17)19-20)21-9-3-4-11(16)10(15)6-9/h3-6,20H,1-2H3,(H2,17,19). The Bertz CT molecular complexity index is 720. The van der Waals surface area contributed by atoms with Gasteiger partial charge in [0.1, 0.15) is 17.3 Å². The fraction of sp³-hybridized carbons (Fsp3) is 0.143. The van der Waals surface area contributed by atoms with Crippen LogP contribution in [0.25, 0.3) is 0 Å². The number of nitrogens with two attached hydrogens (primary N) is 1. The number of amidine groups is 1. The van der Waals surface area contributed by atoms with Crippen molar-refractivity contribution in [1.82, 2.24) is 4.98 Å². The first-order valence-corrected chi connectivity index (χ1v) is 6.39. The van der Waals surface area contributed by atoms with E-state index in [2.05, 4.69) is 10.1 Å². The molecule has 0 aliphatic heterocycles. The molecule has 5 nitrogen and oxygen atoms in total. The maximum absolute atomic E-state index is 13.2. The zero-order valence-electron chi connectivity index (χ0n) is 11.4. The molecule has 0 radical (unpaired) electrons. The van der Waals surface area contributed by atoms with Gasteiger partial charge in [0.2, 0.25) is 0 Å². The van der Waals surface area contributed by atoms with Crippen molar-refractivity contribution in [3.05, 3.63) is 52.1 Å². The smallest absolute Gasteiger partial charge is 0.175 e. The molecular formula is C14H13ClFN3O2. The molecular weight excluding hydrogens is 297 g/mol. The monoisotopic (exact) mass is 309 g/mol. The first-order valence-electron chi connectivity index (χ1n) is 6.01. The number of benzene rings is 1. The summed E-state index contributed by atoms with van der Waals surface area (Å²) in [5.74, 6) is 0.0161. The lowest BCUT2D eigenvalue weighted by Gasteiger charge is -2.13. The highest BCUT2D eigenvalue weighted by molar-refractivity contribution is 6.30. The van der Waals surface area contributed by atoms with E-state index in [1.807, 2.05) is 0 Å². The molecule has 0 atom stereocenters. The summed E-state index contributed by atoms with van der Waals surface area (Å²) in [5, 5.41) is 11.8. The van der Waals surface area contributed by atoms with E-state index in [0.717, 1.165) is 0 Å². The van der Waals surface area contributed by atoms with Crippen LogP contribution in [-0.4, -0.2) is 16.0 Å². The molecule has 0 fully saturated rings. The summed E-state index contributed by atoms with van der Waals surface area (Å²) < 4.78 is 18.8. The van der Waals surface area contributed by atoms with E-state index in [-0.39, 0.29) is 10.9 Å². The number of nitrogens with zero attached hydrogens (tertiary/aromatic N) is 2. The van der Waals surface area contributed by atoms with Crippen molar-refractivity contribution >= 4 is 17.4 Å². The van der Waals surface area contributed by atoms with E-state index < -0.39 is 5.82 Å². The highest BCUT2D eigenvalue weighted by Crippen LogP contribution is 2.30. The molecule has 110 valence electrons. The number of oxime groups is 1. The molecule has 1 aromatic carbocycles. The van der Waals surface area contributed by atoms with Gasteiger partial charge in [-0.05, 0) is 26.0 Å². The second-order valence-electron chi connectivity index (χ2n) is 4.39. The van der Waals surface area contributed by atoms with Gasteiger partial charge in [-0.3, -0.25) is 4.98 Å². The minimum absolute atomic E-state index is 0.0552. The van der Waals surface area contributed by atoms with E-state index in [9.17, 15) is 4.39 Å². The number of hydrogen-bond donors (Lipinski definition) is 2. The highest BCUT2D eigenvalue weighted by Gasteiger charge is 2.15. The summed E-state index contributed by atoms with van der Waals surface area (Å²) in [7, 11) is 0. The van der Waals surface area contributed by atoms with Crippen molar-refractivity contribution in [2.24, 2.45) is 10.9 Å². The third-order valence-corrected chi connectivity index (χ3v) is 3.06. The maximum atomic E-state index is 13.2. The van der Waals surface area contributed by atoms with Gasteiger partial charge in [0.05, 0.1) is 16.3 Å². The topological polar surface area (TPSA) is 80.7 Å². The predicted molar refractivity (Wildman–Crippen MR) is 77.7 cm³/mol. The van der Waals surface area contributed by atoms with Crippen LogP contribution in [0, 0.1) is 19.7 Å². The maximum Gasteiger partial charge on any atom is 0.175 e. The molecule has 0 aliphatic carbocycles. The number of aromatic nitrogens is 1. The van der Waals surface area contributed by atoms with Gasteiger partial charge in [-0.2, -0.15) is 0 Å². The third-order valence-electron chi connectivity index (χ3n) is 2.77. The number of rotatable bonds is 3. The molecule has 0 saturated carbocycles. The fourth-order valence-electron chi connectivity index (χ4n) is 1.90. The van der Waals surface area contributed by atoms with Crippen LogP contribution < -0.4 is 10.5 Å². The molecule has 2 aromatic rings. The molecule has 7 heteroatoms. The zero-order chi connectivity index (χ0) is 15.6. The number of hydrogen-bond acceptors (Lipinski definition) is 4. The van der Waals surface area contributed by atoms with Gasteiger partial charge in [-0.15, -0.1) is 0 Å². The first kappa shape index (κ1) is 15.1. The van der Waals surface area contributed by atoms with E-state index in [1.54, 1.807) is 19.9 Å². The molecule has 3 N–H and O–H groups in total. The van der Waals surface area contributed by atoms with Crippen molar-refractivity contribution in [2.75, 3.05) is 0 Å². The molecule has 1 aromatic heterocycles. The second-order valence-corrected chi connectivity index (χ2v) is 4.79. The van der Waals surface area contributed by atoms with E-state index in [0.29, 0.717) is 28.5 Å². The van der Waals surface area contributed by atoms with Crippen LogP contribution in [0.3, 0.4) is 0 Å². The average molecular weight is 310 g/mol. The largest absolute Gasteiger partial charge is 0.456 e. The average Bonchev–Trinajstić information content (AvgIpc) is 2.41. The number of ether oxygens (including phenoxy) is 1. The Morgan fingerprint density at radius 3 is 2.71 bits per heavy atom. The number of aryl methyl sites for hydroxylation is 2. The van der Waals surface area contributed by atoms with Gasteiger partial charge in [-0.1, -0.05) is 16.8 Å². The van der Waals surface area contributed by atoms with Crippen LogP contribution in [0.5, 0.6) is 11.5 Å². The minimum Gasteiger partial charge on any atom is -0.456 e. The summed E-state index contributed by atoms with van der Waals surface area (Å²) in [6.07, 6.45) is 0. The van der Waals surface area contributed by atoms with Crippen LogP contribution in [0.15, 0.2) is 29.4 Å². The first-order chi connectivity index (χ1) is 9.92. The van der Waals surface area contributed by atoms with Crippen molar-refractivity contribution in [3.63, 3.8) is 0 Å². The SMILES string of the molecule is Cc1cc(Oc2ccc(F)c(Cl)c2)c(/C(N)=N/O)c(C)n1. The Morgan fingerprint density at radius 1 is 1.38 bits per heavy atom. The Morgan fingerprint density at radius 2 is 2.10 bits per heavy atom. The lowest BCUT2D eigenvalue weighted by atomic mass is 10.1.